The Bertz CT molecular complexity index is 2260. The molecular weight excluding hydrogens is 909 g/mol. The number of benzene rings is 3. The molecule has 72 heavy (non-hydrogen) atoms. The third kappa shape index (κ3) is 18.1. The van der Waals surface area contributed by atoms with Crippen molar-refractivity contribution in [3.8, 4) is 11.1 Å². The third-order valence-electron chi connectivity index (χ3n) is 14.2. The second kappa shape index (κ2) is 30.4. The highest BCUT2D eigenvalue weighted by atomic mass is 16.5. The molecule has 4 amide bonds. The molecule has 0 radical (unpaired) electrons. The number of esters is 1. The monoisotopic (exact) mass is 993 g/mol. The summed E-state index contributed by atoms with van der Waals surface area (Å²) in [5.41, 5.74) is 5.87. The topological polar surface area (TPSA) is 168 Å². The molecule has 13 nitrogen and oxygen atoms in total. The first-order chi connectivity index (χ1) is 34.5. The summed E-state index contributed by atoms with van der Waals surface area (Å²) >= 11 is 0. The molecule has 0 aliphatic carbocycles. The number of rotatable bonds is 27. The number of carbonyl (C=O) groups is 7. The molecule has 13 heteroatoms. The van der Waals surface area contributed by atoms with E-state index in [1.54, 1.807) is 27.8 Å². The first-order valence-electron chi connectivity index (χ1n) is 26.6. The van der Waals surface area contributed by atoms with Crippen molar-refractivity contribution in [2.75, 3.05) is 27.8 Å². The summed E-state index contributed by atoms with van der Waals surface area (Å²) in [5, 5.41) is 5.59. The van der Waals surface area contributed by atoms with Crippen molar-refractivity contribution in [2.24, 2.45) is 11.8 Å². The summed E-state index contributed by atoms with van der Waals surface area (Å²) in [6, 6.07) is 16.8. The summed E-state index contributed by atoms with van der Waals surface area (Å²) in [5.74, 6) is -4.88. The van der Waals surface area contributed by atoms with Gasteiger partial charge in [0.1, 0.15) is 18.1 Å². The Morgan fingerprint density at radius 1 is 0.764 bits per heavy atom. The Morgan fingerprint density at radius 3 is 1.96 bits per heavy atom. The number of nitrogens with zero attached hydrogens (tertiary/aromatic N) is 2. The first-order valence-corrected chi connectivity index (χ1v) is 26.6. The maximum absolute atomic E-state index is 14.4. The van der Waals surface area contributed by atoms with Gasteiger partial charge in [-0.25, -0.2) is 4.79 Å². The molecule has 3 aromatic rings. The highest BCUT2D eigenvalue weighted by molar-refractivity contribution is 5.97. The molecule has 6 atom stereocenters. The van der Waals surface area contributed by atoms with E-state index in [9.17, 15) is 33.6 Å². The number of Topliss-reactive ketones (excluding diaryl/α,β-unsaturated/α-hetero) is 2. The zero-order chi connectivity index (χ0) is 52.7. The van der Waals surface area contributed by atoms with Gasteiger partial charge in [0.25, 0.3) is 0 Å². The van der Waals surface area contributed by atoms with E-state index in [4.69, 9.17) is 9.47 Å². The van der Waals surface area contributed by atoms with Crippen LogP contribution in [-0.4, -0.2) is 96.9 Å². The molecule has 1 aliphatic heterocycles. The SMILES string of the molecule is CCCCCCCCCCCCCCCC(=O)N(C)[C@H](COCc1ccccc1)C(=O)N[C@H](C)C(=O)C[C@H](C)C(=O)N(C)[C@@H]1C(=O)C[C@@H](C)C(=O)N[C@H](C(=O)OC)Cc2ccc(C)c(c2)-c2cc1ccc2C. The van der Waals surface area contributed by atoms with Crippen LogP contribution in [0.15, 0.2) is 66.7 Å². The second-order valence-electron chi connectivity index (χ2n) is 20.3. The van der Waals surface area contributed by atoms with Gasteiger partial charge in [0, 0.05) is 51.6 Å². The van der Waals surface area contributed by atoms with Gasteiger partial charge in [0.2, 0.25) is 23.6 Å². The number of carbonyl (C=O) groups excluding carboxylic acids is 7. The van der Waals surface area contributed by atoms with Gasteiger partial charge in [-0.3, -0.25) is 28.8 Å². The molecular formula is C59H84N4O9. The maximum Gasteiger partial charge on any atom is 0.328 e. The van der Waals surface area contributed by atoms with Gasteiger partial charge in [-0.2, -0.15) is 0 Å². The van der Waals surface area contributed by atoms with E-state index in [-0.39, 0.29) is 38.4 Å². The predicted molar refractivity (Wildman–Crippen MR) is 283 cm³/mol. The number of aryl methyl sites for hydroxylation is 2. The number of hydrogen-bond acceptors (Lipinski definition) is 9. The number of methoxy groups -OCH3 is 1. The van der Waals surface area contributed by atoms with Crippen LogP contribution in [0.1, 0.15) is 164 Å². The Balaban J connectivity index is 1.43. The molecule has 4 rings (SSSR count). The van der Waals surface area contributed by atoms with E-state index >= 15 is 0 Å². The van der Waals surface area contributed by atoms with Crippen molar-refractivity contribution in [3.63, 3.8) is 0 Å². The lowest BCUT2D eigenvalue weighted by Crippen LogP contribution is -2.53. The lowest BCUT2D eigenvalue weighted by Gasteiger charge is -2.31. The zero-order valence-electron chi connectivity index (χ0n) is 44.8. The van der Waals surface area contributed by atoms with Gasteiger partial charge in [-0.15, -0.1) is 0 Å². The molecule has 0 spiro atoms. The van der Waals surface area contributed by atoms with Gasteiger partial charge in [0.05, 0.1) is 26.4 Å². The van der Waals surface area contributed by atoms with E-state index in [1.165, 1.54) is 81.7 Å². The van der Waals surface area contributed by atoms with E-state index < -0.39 is 71.3 Å². The predicted octanol–water partition coefficient (Wildman–Crippen LogP) is 9.90. The van der Waals surface area contributed by atoms with Gasteiger partial charge >= 0.3 is 5.97 Å². The Morgan fingerprint density at radius 2 is 1.35 bits per heavy atom. The van der Waals surface area contributed by atoms with Crippen LogP contribution in [-0.2, 0) is 56.1 Å². The lowest BCUT2D eigenvalue weighted by atomic mass is 9.87. The van der Waals surface area contributed by atoms with Crippen molar-refractivity contribution in [2.45, 2.75) is 181 Å². The molecule has 0 fully saturated rings. The van der Waals surface area contributed by atoms with Crippen LogP contribution in [0, 0.1) is 25.7 Å². The number of hydrogen-bond donors (Lipinski definition) is 2. The van der Waals surface area contributed by atoms with Crippen LogP contribution >= 0.6 is 0 Å². The summed E-state index contributed by atoms with van der Waals surface area (Å²) in [6.45, 7) is 11.1. The van der Waals surface area contributed by atoms with Crippen LogP contribution in [0.2, 0.25) is 0 Å². The normalized spacial score (nSPS) is 17.2. The van der Waals surface area contributed by atoms with Crippen LogP contribution in [0.5, 0.6) is 0 Å². The Hall–Kier alpha value is -5.69. The number of amides is 4. The quantitative estimate of drug-likeness (QED) is 0.0558. The Labute approximate surface area is 429 Å². The number of ketones is 2. The minimum atomic E-state index is -1.12. The molecule has 0 unspecified atom stereocenters. The largest absolute Gasteiger partial charge is 0.467 e. The molecule has 0 aromatic heterocycles. The average Bonchev–Trinajstić information content (AvgIpc) is 3.36. The van der Waals surface area contributed by atoms with E-state index in [2.05, 4.69) is 17.6 Å². The minimum absolute atomic E-state index is 0.0878. The van der Waals surface area contributed by atoms with Gasteiger partial charge in [0.15, 0.2) is 11.6 Å². The van der Waals surface area contributed by atoms with Gasteiger partial charge < -0.3 is 29.9 Å². The molecule has 0 saturated heterocycles. The minimum Gasteiger partial charge on any atom is -0.467 e. The lowest BCUT2D eigenvalue weighted by molar-refractivity contribution is -0.146. The Kier molecular flexibility index (Phi) is 24.8. The molecule has 4 bridgehead atoms. The molecule has 2 N–H and O–H groups in total. The number of unbranched alkanes of at least 4 members (excludes halogenated alkanes) is 12. The molecule has 3 aromatic carbocycles. The van der Waals surface area contributed by atoms with Crippen molar-refractivity contribution in [1.82, 2.24) is 20.4 Å². The molecule has 1 heterocycles. The smallest absolute Gasteiger partial charge is 0.328 e. The van der Waals surface area contributed by atoms with E-state index in [0.29, 0.717) is 18.4 Å². The van der Waals surface area contributed by atoms with Crippen LogP contribution in [0.4, 0.5) is 0 Å². The molecule has 1 aliphatic rings. The van der Waals surface area contributed by atoms with Crippen molar-refractivity contribution in [1.29, 1.82) is 0 Å². The highest BCUT2D eigenvalue weighted by Crippen LogP contribution is 2.34. The van der Waals surface area contributed by atoms with Gasteiger partial charge in [-0.1, -0.05) is 158 Å². The van der Waals surface area contributed by atoms with Crippen molar-refractivity contribution >= 4 is 41.2 Å². The highest BCUT2D eigenvalue weighted by Gasteiger charge is 2.36. The average molecular weight is 993 g/mol. The number of nitrogens with one attached hydrogen (secondary N) is 2. The van der Waals surface area contributed by atoms with Crippen LogP contribution in [0.25, 0.3) is 11.1 Å². The summed E-state index contributed by atoms with van der Waals surface area (Å²) in [4.78, 5) is 99.4. The summed E-state index contributed by atoms with van der Waals surface area (Å²) in [7, 11) is 4.38. The fourth-order valence-electron chi connectivity index (χ4n) is 9.50. The number of ether oxygens (including phenoxy) is 2. The van der Waals surface area contributed by atoms with Crippen molar-refractivity contribution < 1.29 is 43.0 Å². The van der Waals surface area contributed by atoms with Crippen molar-refractivity contribution in [3.05, 3.63) is 94.5 Å². The molecule has 394 valence electrons. The van der Waals surface area contributed by atoms with Crippen LogP contribution < -0.4 is 10.6 Å². The molecule has 0 saturated carbocycles. The van der Waals surface area contributed by atoms with Gasteiger partial charge in [-0.05, 0) is 72.2 Å². The number of likely N-dealkylation sites (N-methyl/N-ethyl adjacent to an activating group) is 2. The van der Waals surface area contributed by atoms with Crippen LogP contribution in [0.3, 0.4) is 0 Å². The first kappa shape index (κ1) is 58.9. The summed E-state index contributed by atoms with van der Waals surface area (Å²) in [6.07, 6.45) is 15.5. The van der Waals surface area contributed by atoms with E-state index in [1.807, 2.05) is 80.6 Å². The third-order valence-corrected chi connectivity index (χ3v) is 14.2. The number of fused-ring (bicyclic) bond motifs is 5. The maximum atomic E-state index is 14.4. The fourth-order valence-corrected chi connectivity index (χ4v) is 9.50. The van der Waals surface area contributed by atoms with E-state index in [0.717, 1.165) is 52.6 Å². The second-order valence-corrected chi connectivity index (χ2v) is 20.3. The standard InChI is InChI=1S/C59H84N4O9/c1-10-11-12-13-14-15-16-17-18-19-20-21-25-28-54(66)62(7)51(39-72-38-45-26-23-22-24-27-45)57(68)60-44(6)52(64)34-43(5)58(69)63(8)55-47-32-30-41(3)49(37-47)48-35-46(31-29-40(48)2)36-50(59(70)71-9)61-56(67)42(4)33-53(55)65/h22-24,26-27,29-32,35,37,42-44,50-51,55H,10-21,25,28,33-34,36,38-39H2,1-9H3,(H,60,68)(H,61,67)/t42-,43+,44-,50+,51-,55+/m1/s1. The fraction of sp³-hybridized carbons (Fsp3) is 0.576. The zero-order valence-corrected chi connectivity index (χ0v) is 44.8. The summed E-state index contributed by atoms with van der Waals surface area (Å²) < 4.78 is 11.0.